The highest BCUT2D eigenvalue weighted by Gasteiger charge is 2.29. The number of hydrogen-bond acceptors (Lipinski definition) is 3. The lowest BCUT2D eigenvalue weighted by Crippen LogP contribution is -2.30. The summed E-state index contributed by atoms with van der Waals surface area (Å²) in [6, 6.07) is 18.3. The number of carbonyl (C=O) groups excluding carboxylic acids is 1. The molecular formula is C21H25NO2S. The molecule has 4 heteroatoms. The van der Waals surface area contributed by atoms with Crippen LogP contribution in [-0.2, 0) is 11.4 Å². The van der Waals surface area contributed by atoms with Crippen molar-refractivity contribution >= 4 is 17.7 Å². The highest BCUT2D eigenvalue weighted by atomic mass is 32.2. The molecule has 1 atom stereocenters. The van der Waals surface area contributed by atoms with Crippen LogP contribution in [0.1, 0.15) is 42.7 Å². The minimum absolute atomic E-state index is 0.146. The molecule has 2 aromatic carbocycles. The van der Waals surface area contributed by atoms with E-state index in [-0.39, 0.29) is 11.3 Å². The molecular weight excluding hydrogens is 330 g/mol. The Morgan fingerprint density at radius 3 is 2.64 bits per heavy atom. The van der Waals surface area contributed by atoms with Crippen LogP contribution >= 0.6 is 11.8 Å². The summed E-state index contributed by atoms with van der Waals surface area (Å²) in [4.78, 5) is 14.4. The molecule has 0 radical (unpaired) electrons. The Morgan fingerprint density at radius 1 is 1.16 bits per heavy atom. The predicted octanol–water partition coefficient (Wildman–Crippen LogP) is 5.03. The van der Waals surface area contributed by atoms with Gasteiger partial charge in [-0.15, -0.1) is 11.8 Å². The standard InChI is InChI=1S/C21H25NO2S/c1-2-3-9-20(23)22-14-15-25-21(22)18-10-12-19(13-11-18)24-16-17-7-5-4-6-8-17/h4-8,10-13,21H,2-3,9,14-16H2,1H3. The Bertz CT molecular complexity index is 672. The first kappa shape index (κ1) is 17.9. The summed E-state index contributed by atoms with van der Waals surface area (Å²) < 4.78 is 5.85. The summed E-state index contributed by atoms with van der Waals surface area (Å²) >= 11 is 1.85. The average molecular weight is 356 g/mol. The highest BCUT2D eigenvalue weighted by molar-refractivity contribution is 7.99. The van der Waals surface area contributed by atoms with E-state index in [0.717, 1.165) is 36.5 Å². The SMILES string of the molecule is CCCCC(=O)N1CCSC1c1ccc(OCc2ccccc2)cc1. The Hall–Kier alpha value is -1.94. The highest BCUT2D eigenvalue weighted by Crippen LogP contribution is 2.38. The molecule has 1 unspecified atom stereocenters. The first-order valence-corrected chi connectivity index (χ1v) is 10.0. The van der Waals surface area contributed by atoms with E-state index in [9.17, 15) is 4.79 Å². The molecule has 2 aromatic rings. The van der Waals surface area contributed by atoms with Crippen LogP contribution in [0.4, 0.5) is 0 Å². The van der Waals surface area contributed by atoms with Crippen molar-refractivity contribution in [3.05, 3.63) is 65.7 Å². The van der Waals surface area contributed by atoms with Crippen LogP contribution in [0.3, 0.4) is 0 Å². The van der Waals surface area contributed by atoms with Crippen molar-refractivity contribution in [1.29, 1.82) is 0 Å². The van der Waals surface area contributed by atoms with Crippen molar-refractivity contribution in [2.24, 2.45) is 0 Å². The van der Waals surface area contributed by atoms with Gasteiger partial charge >= 0.3 is 0 Å². The summed E-state index contributed by atoms with van der Waals surface area (Å²) in [7, 11) is 0. The van der Waals surface area contributed by atoms with Crippen LogP contribution < -0.4 is 4.74 Å². The maximum absolute atomic E-state index is 12.4. The minimum atomic E-state index is 0.146. The number of nitrogens with zero attached hydrogens (tertiary/aromatic N) is 1. The van der Waals surface area contributed by atoms with Gasteiger partial charge in [0.1, 0.15) is 17.7 Å². The molecule has 0 bridgehead atoms. The van der Waals surface area contributed by atoms with E-state index in [1.807, 2.05) is 47.0 Å². The fraction of sp³-hybridized carbons (Fsp3) is 0.381. The quantitative estimate of drug-likeness (QED) is 0.698. The maximum atomic E-state index is 12.4. The third-order valence-corrected chi connectivity index (χ3v) is 5.63. The molecule has 0 aromatic heterocycles. The van der Waals surface area contributed by atoms with Crippen LogP contribution in [0.15, 0.2) is 54.6 Å². The molecule has 3 nitrogen and oxygen atoms in total. The first-order chi connectivity index (χ1) is 12.3. The number of amides is 1. The number of carbonyl (C=O) groups is 1. The van der Waals surface area contributed by atoms with Gasteiger partial charge < -0.3 is 9.64 Å². The van der Waals surface area contributed by atoms with Crippen LogP contribution in [0.5, 0.6) is 5.75 Å². The lowest BCUT2D eigenvalue weighted by atomic mass is 10.1. The topological polar surface area (TPSA) is 29.5 Å². The zero-order chi connectivity index (χ0) is 17.5. The molecule has 132 valence electrons. The minimum Gasteiger partial charge on any atom is -0.489 e. The van der Waals surface area contributed by atoms with E-state index in [0.29, 0.717) is 13.0 Å². The van der Waals surface area contributed by atoms with Gasteiger partial charge in [-0.25, -0.2) is 0 Å². The zero-order valence-electron chi connectivity index (χ0n) is 14.7. The van der Waals surface area contributed by atoms with E-state index >= 15 is 0 Å². The molecule has 0 spiro atoms. The molecule has 1 fully saturated rings. The van der Waals surface area contributed by atoms with Gasteiger partial charge in [-0.05, 0) is 29.7 Å². The maximum Gasteiger partial charge on any atom is 0.223 e. The molecule has 1 amide bonds. The molecule has 1 heterocycles. The van der Waals surface area contributed by atoms with Crippen molar-refractivity contribution in [3.63, 3.8) is 0 Å². The van der Waals surface area contributed by atoms with E-state index in [1.54, 1.807) is 0 Å². The second kappa shape index (κ2) is 8.95. The summed E-state index contributed by atoms with van der Waals surface area (Å²) in [5, 5.41) is 0.146. The number of thioether (sulfide) groups is 1. The van der Waals surface area contributed by atoms with Crippen LogP contribution in [-0.4, -0.2) is 23.1 Å². The molecule has 3 rings (SSSR count). The zero-order valence-corrected chi connectivity index (χ0v) is 15.5. The molecule has 1 aliphatic heterocycles. The van der Waals surface area contributed by atoms with Crippen LogP contribution in [0.25, 0.3) is 0 Å². The second-order valence-corrected chi connectivity index (χ2v) is 7.45. The molecule has 0 aliphatic carbocycles. The van der Waals surface area contributed by atoms with Crippen molar-refractivity contribution in [2.45, 2.75) is 38.2 Å². The Balaban J connectivity index is 1.60. The lowest BCUT2D eigenvalue weighted by molar-refractivity contribution is -0.131. The van der Waals surface area contributed by atoms with Crippen molar-refractivity contribution in [1.82, 2.24) is 4.90 Å². The van der Waals surface area contributed by atoms with Gasteiger partial charge in [-0.3, -0.25) is 4.79 Å². The number of unbranched alkanes of at least 4 members (excludes halogenated alkanes) is 1. The number of hydrogen-bond donors (Lipinski definition) is 0. The smallest absolute Gasteiger partial charge is 0.223 e. The van der Waals surface area contributed by atoms with Gasteiger partial charge in [0.25, 0.3) is 0 Å². The molecule has 1 saturated heterocycles. The third kappa shape index (κ3) is 4.79. The molecule has 25 heavy (non-hydrogen) atoms. The second-order valence-electron chi connectivity index (χ2n) is 6.26. The first-order valence-electron chi connectivity index (χ1n) is 8.95. The Labute approximate surface area is 154 Å². The fourth-order valence-electron chi connectivity index (χ4n) is 2.94. The van der Waals surface area contributed by atoms with Gasteiger partial charge in [0.2, 0.25) is 5.91 Å². The summed E-state index contributed by atoms with van der Waals surface area (Å²) in [5.74, 6) is 2.15. The number of benzene rings is 2. The Kier molecular flexibility index (Phi) is 6.40. The fourth-order valence-corrected chi connectivity index (χ4v) is 4.22. The number of rotatable bonds is 7. The van der Waals surface area contributed by atoms with Gasteiger partial charge in [-0.1, -0.05) is 55.8 Å². The Morgan fingerprint density at radius 2 is 1.92 bits per heavy atom. The predicted molar refractivity (Wildman–Crippen MR) is 104 cm³/mol. The van der Waals surface area contributed by atoms with Gasteiger partial charge in [0, 0.05) is 18.7 Å². The average Bonchev–Trinajstić information content (AvgIpc) is 3.15. The van der Waals surface area contributed by atoms with E-state index < -0.39 is 0 Å². The van der Waals surface area contributed by atoms with E-state index in [4.69, 9.17) is 4.74 Å². The lowest BCUT2D eigenvalue weighted by Gasteiger charge is -2.24. The summed E-state index contributed by atoms with van der Waals surface area (Å²) in [5.41, 5.74) is 2.34. The van der Waals surface area contributed by atoms with Crippen molar-refractivity contribution in [2.75, 3.05) is 12.3 Å². The van der Waals surface area contributed by atoms with Crippen LogP contribution in [0, 0.1) is 0 Å². The third-order valence-electron chi connectivity index (χ3n) is 4.37. The number of ether oxygens (including phenoxy) is 1. The van der Waals surface area contributed by atoms with Gasteiger partial charge in [0.15, 0.2) is 0 Å². The monoisotopic (exact) mass is 355 g/mol. The van der Waals surface area contributed by atoms with Crippen molar-refractivity contribution in [3.8, 4) is 5.75 Å². The van der Waals surface area contributed by atoms with Gasteiger partial charge in [-0.2, -0.15) is 0 Å². The molecule has 0 saturated carbocycles. The van der Waals surface area contributed by atoms with E-state index in [1.165, 1.54) is 5.56 Å². The van der Waals surface area contributed by atoms with Gasteiger partial charge in [0.05, 0.1) is 0 Å². The summed E-state index contributed by atoms with van der Waals surface area (Å²) in [6.45, 7) is 3.54. The van der Waals surface area contributed by atoms with Crippen LogP contribution in [0.2, 0.25) is 0 Å². The largest absolute Gasteiger partial charge is 0.489 e. The van der Waals surface area contributed by atoms with E-state index in [2.05, 4.69) is 31.2 Å². The molecule has 0 N–H and O–H groups in total. The molecule has 1 aliphatic rings. The van der Waals surface area contributed by atoms with Crippen molar-refractivity contribution < 1.29 is 9.53 Å². The normalized spacial score (nSPS) is 16.8. The summed E-state index contributed by atoms with van der Waals surface area (Å²) in [6.07, 6.45) is 2.69.